The van der Waals surface area contributed by atoms with Gasteiger partial charge >= 0.3 is 0 Å². The van der Waals surface area contributed by atoms with E-state index in [1.54, 1.807) is 0 Å². The fourth-order valence-corrected chi connectivity index (χ4v) is 3.96. The summed E-state index contributed by atoms with van der Waals surface area (Å²) in [7, 11) is 0. The van der Waals surface area contributed by atoms with Gasteiger partial charge in [0.25, 0.3) is 0 Å². The number of hydrogen-bond donors (Lipinski definition) is 0. The third kappa shape index (κ3) is 3.44. The Morgan fingerprint density at radius 2 is 1.60 bits per heavy atom. The molecule has 0 bridgehead atoms. The Labute approximate surface area is 124 Å². The van der Waals surface area contributed by atoms with Crippen LogP contribution in [0, 0.1) is 17.3 Å². The van der Waals surface area contributed by atoms with Crippen molar-refractivity contribution in [3.8, 4) is 0 Å². The lowest BCUT2D eigenvalue weighted by molar-refractivity contribution is -0.157. The number of Topliss-reactive ketones (excluding diaryl/α,β-unsaturated/α-hetero) is 1. The fraction of sp³-hybridized carbons (Fsp3) is 0.944. The molecule has 2 aliphatic carbocycles. The number of ether oxygens (including phenoxy) is 1. The first-order valence-electron chi connectivity index (χ1n) is 8.57. The van der Waals surface area contributed by atoms with Gasteiger partial charge in [-0.25, -0.2) is 0 Å². The molecular formula is C18H32O2. The molecule has 0 amide bonds. The van der Waals surface area contributed by atoms with Crippen molar-refractivity contribution in [1.82, 2.24) is 0 Å². The Hall–Kier alpha value is -0.370. The van der Waals surface area contributed by atoms with E-state index < -0.39 is 5.60 Å². The highest BCUT2D eigenvalue weighted by Crippen LogP contribution is 2.45. The molecule has 0 aromatic carbocycles. The second kappa shape index (κ2) is 6.17. The molecule has 0 unspecified atom stereocenters. The monoisotopic (exact) mass is 280 g/mol. The summed E-state index contributed by atoms with van der Waals surface area (Å²) in [6.45, 7) is 9.63. The van der Waals surface area contributed by atoms with Gasteiger partial charge in [-0.2, -0.15) is 0 Å². The highest BCUT2D eigenvalue weighted by Gasteiger charge is 2.47. The molecule has 0 radical (unpaired) electrons. The molecule has 0 aromatic heterocycles. The summed E-state index contributed by atoms with van der Waals surface area (Å²) < 4.78 is 6.06. The molecule has 2 rings (SSSR count). The van der Waals surface area contributed by atoms with E-state index in [4.69, 9.17) is 4.74 Å². The van der Waals surface area contributed by atoms with Crippen LogP contribution in [0.3, 0.4) is 0 Å². The topological polar surface area (TPSA) is 26.3 Å². The van der Waals surface area contributed by atoms with Gasteiger partial charge in [0.05, 0.1) is 0 Å². The molecule has 2 heteroatoms. The zero-order chi connectivity index (χ0) is 14.8. The molecule has 0 aliphatic heterocycles. The third-order valence-corrected chi connectivity index (χ3v) is 5.67. The van der Waals surface area contributed by atoms with Gasteiger partial charge in [-0.15, -0.1) is 0 Å². The lowest BCUT2D eigenvalue weighted by Gasteiger charge is -2.44. The van der Waals surface area contributed by atoms with Gasteiger partial charge in [0.1, 0.15) is 5.60 Å². The van der Waals surface area contributed by atoms with Crippen molar-refractivity contribution in [2.24, 2.45) is 17.3 Å². The Bertz CT molecular complexity index is 327. The van der Waals surface area contributed by atoms with Crippen molar-refractivity contribution < 1.29 is 9.53 Å². The summed E-state index contributed by atoms with van der Waals surface area (Å²) in [5.74, 6) is 1.49. The van der Waals surface area contributed by atoms with Crippen LogP contribution >= 0.6 is 0 Å². The number of carbonyl (C=O) groups is 1. The fourth-order valence-electron chi connectivity index (χ4n) is 3.96. The van der Waals surface area contributed by atoms with E-state index in [2.05, 4.69) is 20.8 Å². The van der Waals surface area contributed by atoms with Crippen molar-refractivity contribution in [3.05, 3.63) is 0 Å². The number of hydrogen-bond acceptors (Lipinski definition) is 2. The van der Waals surface area contributed by atoms with Gasteiger partial charge < -0.3 is 4.74 Å². The van der Waals surface area contributed by atoms with Crippen LogP contribution in [-0.4, -0.2) is 18.0 Å². The molecule has 0 N–H and O–H groups in total. The summed E-state index contributed by atoms with van der Waals surface area (Å²) in [5, 5.41) is 0. The van der Waals surface area contributed by atoms with Gasteiger partial charge in [-0.1, -0.05) is 33.6 Å². The summed E-state index contributed by atoms with van der Waals surface area (Å²) >= 11 is 0. The predicted molar refractivity (Wildman–Crippen MR) is 82.7 cm³/mol. The van der Waals surface area contributed by atoms with Crippen LogP contribution in [0.25, 0.3) is 0 Å². The molecule has 116 valence electrons. The molecule has 2 nitrogen and oxygen atoms in total. The van der Waals surface area contributed by atoms with Crippen LogP contribution < -0.4 is 0 Å². The second-order valence-electron chi connectivity index (χ2n) is 7.91. The average molecular weight is 280 g/mol. The van der Waals surface area contributed by atoms with Crippen molar-refractivity contribution in [2.45, 2.75) is 84.7 Å². The maximum atomic E-state index is 13.1. The van der Waals surface area contributed by atoms with E-state index in [1.165, 1.54) is 12.8 Å². The van der Waals surface area contributed by atoms with E-state index in [-0.39, 0.29) is 5.92 Å². The Morgan fingerprint density at radius 1 is 1.05 bits per heavy atom. The standard InChI is InChI=1S/C18H32O2/c1-5-20-18(12-10-17(3,4)11-13-18)16(19)15-8-6-14(2)7-9-15/h14-15H,5-13H2,1-4H3. The van der Waals surface area contributed by atoms with Gasteiger partial charge in [-0.3, -0.25) is 4.79 Å². The van der Waals surface area contributed by atoms with Crippen LogP contribution in [-0.2, 0) is 9.53 Å². The van der Waals surface area contributed by atoms with Crippen LogP contribution in [0.4, 0.5) is 0 Å². The van der Waals surface area contributed by atoms with E-state index in [1.807, 2.05) is 6.92 Å². The first-order valence-corrected chi connectivity index (χ1v) is 8.57. The molecule has 2 aliphatic rings. The smallest absolute Gasteiger partial charge is 0.167 e. The number of carbonyl (C=O) groups excluding carboxylic acids is 1. The molecule has 0 heterocycles. The molecule has 2 fully saturated rings. The average Bonchev–Trinajstić information content (AvgIpc) is 2.42. The summed E-state index contributed by atoms with van der Waals surface area (Å²) in [4.78, 5) is 13.1. The summed E-state index contributed by atoms with van der Waals surface area (Å²) in [6, 6.07) is 0. The number of ketones is 1. The highest BCUT2D eigenvalue weighted by molar-refractivity contribution is 5.89. The van der Waals surface area contributed by atoms with E-state index in [0.29, 0.717) is 17.8 Å². The largest absolute Gasteiger partial charge is 0.367 e. The van der Waals surface area contributed by atoms with E-state index in [0.717, 1.165) is 44.4 Å². The van der Waals surface area contributed by atoms with E-state index in [9.17, 15) is 4.79 Å². The van der Waals surface area contributed by atoms with Crippen LogP contribution in [0.2, 0.25) is 0 Å². The maximum absolute atomic E-state index is 13.1. The van der Waals surface area contributed by atoms with Crippen molar-refractivity contribution in [3.63, 3.8) is 0 Å². The third-order valence-electron chi connectivity index (χ3n) is 5.67. The zero-order valence-electron chi connectivity index (χ0n) is 13.8. The minimum absolute atomic E-state index is 0.263. The normalized spacial score (nSPS) is 32.8. The molecule has 0 atom stereocenters. The van der Waals surface area contributed by atoms with Gasteiger partial charge in [-0.05, 0) is 56.8 Å². The van der Waals surface area contributed by atoms with Crippen LogP contribution in [0.15, 0.2) is 0 Å². The van der Waals surface area contributed by atoms with Crippen molar-refractivity contribution in [2.75, 3.05) is 6.61 Å². The van der Waals surface area contributed by atoms with Crippen LogP contribution in [0.5, 0.6) is 0 Å². The SMILES string of the molecule is CCOC1(C(=O)C2CCC(C)CC2)CCC(C)(C)CC1. The highest BCUT2D eigenvalue weighted by atomic mass is 16.5. The minimum atomic E-state index is -0.449. The van der Waals surface area contributed by atoms with Gasteiger partial charge in [0, 0.05) is 12.5 Å². The van der Waals surface area contributed by atoms with Crippen molar-refractivity contribution >= 4 is 5.78 Å². The second-order valence-corrected chi connectivity index (χ2v) is 7.91. The van der Waals surface area contributed by atoms with Crippen molar-refractivity contribution in [1.29, 1.82) is 0 Å². The summed E-state index contributed by atoms with van der Waals surface area (Å²) in [5.41, 5.74) is -0.0719. The summed E-state index contributed by atoms with van der Waals surface area (Å²) in [6.07, 6.45) is 8.67. The molecule has 0 aromatic rings. The first kappa shape index (κ1) is 16.0. The molecule has 0 saturated heterocycles. The molecular weight excluding hydrogens is 248 g/mol. The predicted octanol–water partition coefficient (Wildman–Crippen LogP) is 4.76. The quantitative estimate of drug-likeness (QED) is 0.742. The zero-order valence-corrected chi connectivity index (χ0v) is 13.8. The lowest BCUT2D eigenvalue weighted by Crippen LogP contribution is -2.49. The Morgan fingerprint density at radius 3 is 2.10 bits per heavy atom. The Kier molecular flexibility index (Phi) is 4.94. The molecule has 2 saturated carbocycles. The maximum Gasteiger partial charge on any atom is 0.167 e. The Balaban J connectivity index is 2.06. The van der Waals surface area contributed by atoms with Gasteiger partial charge in [0.2, 0.25) is 0 Å². The van der Waals surface area contributed by atoms with Gasteiger partial charge in [0.15, 0.2) is 5.78 Å². The number of rotatable bonds is 4. The lowest BCUT2D eigenvalue weighted by atomic mass is 9.66. The van der Waals surface area contributed by atoms with Crippen LogP contribution in [0.1, 0.15) is 79.1 Å². The van der Waals surface area contributed by atoms with E-state index >= 15 is 0 Å². The first-order chi connectivity index (χ1) is 9.38. The minimum Gasteiger partial charge on any atom is -0.367 e. The molecule has 20 heavy (non-hydrogen) atoms. The molecule has 0 spiro atoms.